The predicted molar refractivity (Wildman–Crippen MR) is 179 cm³/mol. The number of halogens is 2. The van der Waals surface area contributed by atoms with Crippen molar-refractivity contribution in [3.05, 3.63) is 138 Å². The number of benzene rings is 2. The van der Waals surface area contributed by atoms with E-state index in [1.807, 2.05) is 51.1 Å². The molecular formula is C36H47BrFNO2. The highest BCUT2D eigenvalue weighted by Crippen LogP contribution is 2.31. The van der Waals surface area contributed by atoms with Crippen LogP contribution in [0.2, 0.25) is 0 Å². The molecule has 0 bridgehead atoms. The van der Waals surface area contributed by atoms with Crippen LogP contribution < -0.4 is 4.90 Å². The third-order valence-corrected chi connectivity index (χ3v) is 6.58. The second kappa shape index (κ2) is 21.6. The van der Waals surface area contributed by atoms with Crippen molar-refractivity contribution in [2.75, 3.05) is 23.9 Å². The molecule has 0 aromatic heterocycles. The van der Waals surface area contributed by atoms with Crippen LogP contribution in [-0.2, 0) is 4.74 Å². The molecule has 2 unspecified atom stereocenters. The van der Waals surface area contributed by atoms with Gasteiger partial charge in [-0.3, -0.25) is 0 Å². The summed E-state index contributed by atoms with van der Waals surface area (Å²) in [5.41, 5.74) is 5.66. The molecule has 1 aliphatic rings. The van der Waals surface area contributed by atoms with Gasteiger partial charge in [0.05, 0.1) is 18.4 Å². The van der Waals surface area contributed by atoms with Gasteiger partial charge in [-0.05, 0) is 81.8 Å². The maximum atomic E-state index is 12.4. The van der Waals surface area contributed by atoms with E-state index in [2.05, 4.69) is 95.4 Å². The van der Waals surface area contributed by atoms with E-state index < -0.39 is 6.10 Å². The van der Waals surface area contributed by atoms with Crippen molar-refractivity contribution in [1.82, 2.24) is 0 Å². The van der Waals surface area contributed by atoms with Crippen molar-refractivity contribution in [1.29, 1.82) is 0 Å². The van der Waals surface area contributed by atoms with E-state index in [0.717, 1.165) is 24.1 Å². The molecule has 1 heterocycles. The summed E-state index contributed by atoms with van der Waals surface area (Å²) in [4.78, 5) is 2.44. The fourth-order valence-electron chi connectivity index (χ4n) is 3.89. The fraction of sp³-hybridized carbons (Fsp3) is 0.333. The molecule has 1 aliphatic heterocycles. The Balaban J connectivity index is 0.000000538. The summed E-state index contributed by atoms with van der Waals surface area (Å²) in [5, 5.41) is 9.30. The average Bonchev–Trinajstić information content (AvgIpc) is 3.00. The lowest BCUT2D eigenvalue weighted by Crippen LogP contribution is -2.48. The van der Waals surface area contributed by atoms with Gasteiger partial charge in [-0.2, -0.15) is 0 Å². The third kappa shape index (κ3) is 13.4. The van der Waals surface area contributed by atoms with Crippen molar-refractivity contribution in [2.45, 2.75) is 59.6 Å². The number of ether oxygens (including phenoxy) is 1. The Morgan fingerprint density at radius 3 is 2.22 bits per heavy atom. The molecule has 2 atom stereocenters. The van der Waals surface area contributed by atoms with Crippen LogP contribution >= 0.6 is 15.9 Å². The average molecular weight is 625 g/mol. The molecule has 1 N–H and O–H groups in total. The van der Waals surface area contributed by atoms with Crippen LogP contribution in [0.15, 0.2) is 126 Å². The molecule has 0 saturated carbocycles. The summed E-state index contributed by atoms with van der Waals surface area (Å²) in [5.74, 6) is 1.55. The largest absolute Gasteiger partial charge is 0.496 e. The minimum absolute atomic E-state index is 0.267. The summed E-state index contributed by atoms with van der Waals surface area (Å²) in [6.45, 7) is 11.8. The van der Waals surface area contributed by atoms with E-state index in [-0.39, 0.29) is 5.82 Å². The molecule has 0 amide bonds. The quantitative estimate of drug-likeness (QED) is 0.153. The smallest absolute Gasteiger partial charge is 0.123 e. The first-order valence-electron chi connectivity index (χ1n) is 14.1. The first-order valence-corrected chi connectivity index (χ1v) is 15.7. The Labute approximate surface area is 256 Å². The van der Waals surface area contributed by atoms with Crippen LogP contribution in [0.25, 0.3) is 0 Å². The number of alkyl halides is 1. The van der Waals surface area contributed by atoms with Crippen molar-refractivity contribution >= 4 is 21.6 Å². The first-order chi connectivity index (χ1) is 19.9. The maximum Gasteiger partial charge on any atom is 0.123 e. The first kappa shape index (κ1) is 35.9. The minimum Gasteiger partial charge on any atom is -0.496 e. The Hall–Kier alpha value is -3.15. The summed E-state index contributed by atoms with van der Waals surface area (Å²) >= 11 is 2.94. The molecule has 222 valence electrons. The van der Waals surface area contributed by atoms with Crippen molar-refractivity contribution in [3.63, 3.8) is 0 Å². The molecule has 5 heteroatoms. The maximum absolute atomic E-state index is 12.4. The molecule has 1 saturated heterocycles. The van der Waals surface area contributed by atoms with Gasteiger partial charge in [-0.1, -0.05) is 107 Å². The second-order valence-corrected chi connectivity index (χ2v) is 9.35. The number of aliphatic hydroxyl groups is 1. The number of nitrogens with zero attached hydrogens (tertiary/aromatic N) is 1. The van der Waals surface area contributed by atoms with Crippen molar-refractivity contribution in [3.8, 4) is 0 Å². The van der Waals surface area contributed by atoms with Gasteiger partial charge in [-0.25, -0.2) is 4.39 Å². The monoisotopic (exact) mass is 623 g/mol. The van der Waals surface area contributed by atoms with Gasteiger partial charge in [0.15, 0.2) is 0 Å². The second-order valence-electron chi connectivity index (χ2n) is 9.35. The third-order valence-electron chi connectivity index (χ3n) is 6.58. The van der Waals surface area contributed by atoms with E-state index in [1.54, 1.807) is 12.1 Å². The lowest BCUT2D eigenvalue weighted by atomic mass is 9.93. The number of para-hydroxylation sites is 1. The van der Waals surface area contributed by atoms with Crippen molar-refractivity contribution < 1.29 is 14.2 Å². The minimum atomic E-state index is -0.462. The van der Waals surface area contributed by atoms with Crippen LogP contribution in [-0.4, -0.2) is 30.1 Å². The number of hydrogen-bond donors (Lipinski definition) is 1. The van der Waals surface area contributed by atoms with E-state index in [0.29, 0.717) is 19.1 Å². The number of anilines is 1. The molecule has 3 rings (SSSR count). The molecule has 0 aliphatic carbocycles. The zero-order valence-electron chi connectivity index (χ0n) is 25.4. The Morgan fingerprint density at radius 1 is 1.00 bits per heavy atom. The topological polar surface area (TPSA) is 32.7 Å². The van der Waals surface area contributed by atoms with Gasteiger partial charge >= 0.3 is 0 Å². The molecule has 41 heavy (non-hydrogen) atoms. The van der Waals surface area contributed by atoms with Crippen LogP contribution in [0.5, 0.6) is 0 Å². The molecule has 0 spiro atoms. The van der Waals surface area contributed by atoms with Crippen LogP contribution in [0.1, 0.15) is 59.1 Å². The SMILES string of the molecule is CBr.CCC(O)c1ccc(F)cc1.C\C=C/C=C\C(=C/C)CO/C=C(/C=C\C(C)=C/C)C1CCN1c1ccccc1. The Bertz CT molecular complexity index is 1160. The highest BCUT2D eigenvalue weighted by molar-refractivity contribution is 9.08. The summed E-state index contributed by atoms with van der Waals surface area (Å²) in [6, 6.07) is 16.9. The van der Waals surface area contributed by atoms with Crippen LogP contribution in [0, 0.1) is 5.82 Å². The Morgan fingerprint density at radius 2 is 1.68 bits per heavy atom. The predicted octanol–water partition coefficient (Wildman–Crippen LogP) is 10.0. The number of aliphatic hydroxyl groups excluding tert-OH is 1. The molecule has 1 fully saturated rings. The van der Waals surface area contributed by atoms with E-state index in [9.17, 15) is 9.50 Å². The van der Waals surface area contributed by atoms with Gasteiger partial charge < -0.3 is 14.7 Å². The Kier molecular flexibility index (Phi) is 18.9. The molecular weight excluding hydrogens is 577 g/mol. The van der Waals surface area contributed by atoms with E-state index in [1.165, 1.54) is 29.0 Å². The lowest BCUT2D eigenvalue weighted by Gasteiger charge is -2.43. The summed E-state index contributed by atoms with van der Waals surface area (Å²) in [7, 11) is 0. The number of allylic oxidation sites excluding steroid dienone is 7. The van der Waals surface area contributed by atoms with Gasteiger partial charge in [-0.15, -0.1) is 0 Å². The zero-order chi connectivity index (χ0) is 30.5. The molecule has 2 aromatic carbocycles. The summed E-state index contributed by atoms with van der Waals surface area (Å²) < 4.78 is 18.4. The van der Waals surface area contributed by atoms with Gasteiger partial charge in [0.2, 0.25) is 0 Å². The van der Waals surface area contributed by atoms with E-state index >= 15 is 0 Å². The van der Waals surface area contributed by atoms with Crippen LogP contribution in [0.4, 0.5) is 10.1 Å². The highest BCUT2D eigenvalue weighted by Gasteiger charge is 2.30. The normalized spacial score (nSPS) is 16.7. The van der Waals surface area contributed by atoms with Gasteiger partial charge in [0.1, 0.15) is 12.4 Å². The zero-order valence-corrected chi connectivity index (χ0v) is 27.0. The standard InChI is InChI=1S/C26H33NO.C9H11FO.CH3Br/c1-5-8-10-13-23(7-3)20-28-21-24(17-16-22(4)6-2)26-18-19-27(26)25-14-11-9-12-15-25;1-2-9(11)7-3-5-8(10)6-4-7;1-2/h5-17,21,26H,18-20H2,1-4H3;3-6,9,11H,2H2,1H3;1H3/b8-5-,13-10-,17-16-,22-6-,23-7+,24-21-;;. The molecule has 2 aromatic rings. The van der Waals surface area contributed by atoms with Crippen molar-refractivity contribution in [2.24, 2.45) is 0 Å². The van der Waals surface area contributed by atoms with Crippen LogP contribution in [0.3, 0.4) is 0 Å². The van der Waals surface area contributed by atoms with Gasteiger partial charge in [0.25, 0.3) is 0 Å². The molecule has 3 nitrogen and oxygen atoms in total. The molecule has 0 radical (unpaired) electrons. The fourth-order valence-corrected chi connectivity index (χ4v) is 3.89. The van der Waals surface area contributed by atoms with E-state index in [4.69, 9.17) is 4.74 Å². The number of rotatable bonds is 11. The van der Waals surface area contributed by atoms with Gasteiger partial charge in [0, 0.05) is 17.8 Å². The lowest BCUT2D eigenvalue weighted by molar-refractivity contribution is 0.173. The highest BCUT2D eigenvalue weighted by atomic mass is 79.9. The summed E-state index contributed by atoms with van der Waals surface area (Å²) in [6.07, 6.45) is 20.0. The number of hydrogen-bond acceptors (Lipinski definition) is 3.